The third-order valence-electron chi connectivity index (χ3n) is 4.08. The fourth-order valence-electron chi connectivity index (χ4n) is 2.89. The highest BCUT2D eigenvalue weighted by Gasteiger charge is 2.32. The van der Waals surface area contributed by atoms with Crippen molar-refractivity contribution >= 4 is 16.2 Å². The van der Waals surface area contributed by atoms with Crippen LogP contribution in [0.2, 0.25) is 0 Å². The van der Waals surface area contributed by atoms with E-state index in [0.29, 0.717) is 12.8 Å². The summed E-state index contributed by atoms with van der Waals surface area (Å²) in [7, 11) is -1.51. The first-order valence-electron chi connectivity index (χ1n) is 7.07. The molecule has 2 fully saturated rings. The molecule has 2 rings (SSSR count). The molecule has 2 saturated heterocycles. The van der Waals surface area contributed by atoms with E-state index in [9.17, 15) is 13.2 Å². The Morgan fingerprint density at radius 1 is 1.20 bits per heavy atom. The van der Waals surface area contributed by atoms with Gasteiger partial charge in [-0.1, -0.05) is 0 Å². The summed E-state index contributed by atoms with van der Waals surface area (Å²) in [5.74, 6) is -1.24. The summed E-state index contributed by atoms with van der Waals surface area (Å²) in [6, 6.07) is -0.0454. The van der Waals surface area contributed by atoms with Crippen molar-refractivity contribution in [1.29, 1.82) is 0 Å². The highest BCUT2D eigenvalue weighted by molar-refractivity contribution is 7.87. The van der Waals surface area contributed by atoms with Crippen LogP contribution in [0.5, 0.6) is 0 Å². The Kier molecular flexibility index (Phi) is 5.00. The molecule has 7 nitrogen and oxygen atoms in total. The molecule has 2 N–H and O–H groups in total. The highest BCUT2D eigenvalue weighted by atomic mass is 32.2. The van der Waals surface area contributed by atoms with Crippen molar-refractivity contribution in [3.8, 4) is 0 Å². The minimum Gasteiger partial charge on any atom is -0.481 e. The summed E-state index contributed by atoms with van der Waals surface area (Å²) in [5.41, 5.74) is 0. The molecule has 0 amide bonds. The Balaban J connectivity index is 1.89. The third-order valence-corrected chi connectivity index (χ3v) is 5.76. The molecule has 20 heavy (non-hydrogen) atoms. The van der Waals surface area contributed by atoms with Gasteiger partial charge in [0.1, 0.15) is 0 Å². The fourth-order valence-corrected chi connectivity index (χ4v) is 4.35. The third kappa shape index (κ3) is 3.91. The number of piperidine rings is 2. The van der Waals surface area contributed by atoms with Gasteiger partial charge in [-0.25, -0.2) is 0 Å². The van der Waals surface area contributed by atoms with Crippen molar-refractivity contribution in [2.75, 3.05) is 33.2 Å². The number of carboxylic acid groups (broad SMARTS) is 1. The number of rotatable bonds is 4. The Morgan fingerprint density at radius 2 is 1.85 bits per heavy atom. The lowest BCUT2D eigenvalue weighted by Gasteiger charge is -2.34. The van der Waals surface area contributed by atoms with Gasteiger partial charge in [0.05, 0.1) is 5.92 Å². The molecule has 0 spiro atoms. The van der Waals surface area contributed by atoms with E-state index in [-0.39, 0.29) is 19.1 Å². The van der Waals surface area contributed by atoms with E-state index in [1.54, 1.807) is 0 Å². The van der Waals surface area contributed by atoms with Gasteiger partial charge in [0.15, 0.2) is 0 Å². The molecule has 116 valence electrons. The standard InChI is InChI=1S/C12H23N3O4S/c1-14-6-2-3-11(9-14)13-20(18,19)15-7-4-10(5-8-15)12(16)17/h10-11,13H,2-9H2,1H3,(H,16,17). The molecule has 0 aromatic carbocycles. The van der Waals surface area contributed by atoms with E-state index < -0.39 is 22.1 Å². The van der Waals surface area contributed by atoms with Crippen molar-refractivity contribution < 1.29 is 18.3 Å². The van der Waals surface area contributed by atoms with Crippen LogP contribution in [-0.4, -0.2) is 68.0 Å². The van der Waals surface area contributed by atoms with Crippen LogP contribution in [0, 0.1) is 5.92 Å². The summed E-state index contributed by atoms with van der Waals surface area (Å²) in [6.07, 6.45) is 2.63. The lowest BCUT2D eigenvalue weighted by atomic mass is 9.99. The van der Waals surface area contributed by atoms with Gasteiger partial charge < -0.3 is 10.0 Å². The zero-order chi connectivity index (χ0) is 14.8. The summed E-state index contributed by atoms with van der Waals surface area (Å²) in [5, 5.41) is 8.93. The number of carboxylic acids is 1. The van der Waals surface area contributed by atoms with E-state index in [0.717, 1.165) is 25.9 Å². The van der Waals surface area contributed by atoms with Crippen LogP contribution in [0.25, 0.3) is 0 Å². The monoisotopic (exact) mass is 305 g/mol. The zero-order valence-electron chi connectivity index (χ0n) is 11.8. The van der Waals surface area contributed by atoms with Gasteiger partial charge in [0.2, 0.25) is 0 Å². The molecule has 8 heteroatoms. The molecular weight excluding hydrogens is 282 g/mol. The average molecular weight is 305 g/mol. The maximum atomic E-state index is 12.3. The van der Waals surface area contributed by atoms with Gasteiger partial charge in [-0.05, 0) is 39.3 Å². The van der Waals surface area contributed by atoms with Gasteiger partial charge in [0, 0.05) is 25.7 Å². The smallest absolute Gasteiger partial charge is 0.306 e. The van der Waals surface area contributed by atoms with Gasteiger partial charge in [-0.15, -0.1) is 0 Å². The zero-order valence-corrected chi connectivity index (χ0v) is 12.6. The number of likely N-dealkylation sites (N-methyl/N-ethyl adjacent to an activating group) is 1. The number of nitrogens with zero attached hydrogens (tertiary/aromatic N) is 2. The first-order valence-corrected chi connectivity index (χ1v) is 8.51. The molecule has 2 aliphatic heterocycles. The topological polar surface area (TPSA) is 90.0 Å². The second-order valence-electron chi connectivity index (χ2n) is 5.74. The van der Waals surface area contributed by atoms with Crippen LogP contribution in [0.4, 0.5) is 0 Å². The maximum Gasteiger partial charge on any atom is 0.306 e. The van der Waals surface area contributed by atoms with E-state index in [4.69, 9.17) is 5.11 Å². The predicted octanol–water partition coefficient (Wildman–Crippen LogP) is -0.288. The quantitative estimate of drug-likeness (QED) is 0.745. The molecule has 0 aromatic heterocycles. The number of aliphatic carboxylic acids is 1. The molecular formula is C12H23N3O4S. The second-order valence-corrected chi connectivity index (χ2v) is 7.44. The van der Waals surface area contributed by atoms with Crippen molar-refractivity contribution in [1.82, 2.24) is 13.9 Å². The first-order chi connectivity index (χ1) is 9.38. The first kappa shape index (κ1) is 15.7. The fraction of sp³-hybridized carbons (Fsp3) is 0.917. The number of hydrogen-bond donors (Lipinski definition) is 2. The number of nitrogens with one attached hydrogen (secondary N) is 1. The normalized spacial score (nSPS) is 27.6. The molecule has 0 saturated carbocycles. The van der Waals surface area contributed by atoms with Crippen molar-refractivity contribution in [3.63, 3.8) is 0 Å². The molecule has 1 unspecified atom stereocenters. The molecule has 0 radical (unpaired) electrons. The van der Waals surface area contributed by atoms with E-state index >= 15 is 0 Å². The van der Waals surface area contributed by atoms with Crippen LogP contribution in [0.15, 0.2) is 0 Å². The molecule has 0 aromatic rings. The van der Waals surface area contributed by atoms with Gasteiger partial charge in [-0.3, -0.25) is 4.79 Å². The van der Waals surface area contributed by atoms with Crippen LogP contribution in [0.3, 0.4) is 0 Å². The maximum absolute atomic E-state index is 12.3. The highest BCUT2D eigenvalue weighted by Crippen LogP contribution is 2.20. The van der Waals surface area contributed by atoms with Gasteiger partial charge in [0.25, 0.3) is 10.2 Å². The van der Waals surface area contributed by atoms with Crippen molar-refractivity contribution in [3.05, 3.63) is 0 Å². The van der Waals surface area contributed by atoms with Crippen LogP contribution < -0.4 is 4.72 Å². The van der Waals surface area contributed by atoms with E-state index in [1.807, 2.05) is 7.05 Å². The Labute approximate surface area is 120 Å². The Hall–Kier alpha value is -0.700. The van der Waals surface area contributed by atoms with E-state index in [1.165, 1.54) is 4.31 Å². The van der Waals surface area contributed by atoms with Gasteiger partial charge in [-0.2, -0.15) is 17.4 Å². The van der Waals surface area contributed by atoms with Crippen LogP contribution in [0.1, 0.15) is 25.7 Å². The largest absolute Gasteiger partial charge is 0.481 e. The molecule has 1 atom stereocenters. The minimum absolute atomic E-state index is 0.0454. The van der Waals surface area contributed by atoms with E-state index in [2.05, 4.69) is 9.62 Å². The van der Waals surface area contributed by atoms with Gasteiger partial charge >= 0.3 is 5.97 Å². The molecule has 0 bridgehead atoms. The molecule has 0 aliphatic carbocycles. The number of hydrogen-bond acceptors (Lipinski definition) is 4. The molecule has 2 aliphatic rings. The number of carbonyl (C=O) groups is 1. The summed E-state index contributed by atoms with van der Waals surface area (Å²) < 4.78 is 28.7. The Morgan fingerprint density at radius 3 is 2.40 bits per heavy atom. The van der Waals surface area contributed by atoms with Crippen molar-refractivity contribution in [2.45, 2.75) is 31.7 Å². The van der Waals surface area contributed by atoms with Crippen LogP contribution in [-0.2, 0) is 15.0 Å². The Bertz CT molecular complexity index is 446. The summed E-state index contributed by atoms with van der Waals surface area (Å²) in [4.78, 5) is 13.0. The number of likely N-dealkylation sites (tertiary alicyclic amines) is 1. The minimum atomic E-state index is -3.49. The average Bonchev–Trinajstić information content (AvgIpc) is 2.38. The predicted molar refractivity (Wildman–Crippen MR) is 74.5 cm³/mol. The SMILES string of the molecule is CN1CCCC(NS(=O)(=O)N2CCC(C(=O)O)CC2)C1. The van der Waals surface area contributed by atoms with Crippen molar-refractivity contribution in [2.24, 2.45) is 5.92 Å². The molecule has 2 heterocycles. The summed E-state index contributed by atoms with van der Waals surface area (Å²) >= 11 is 0. The summed E-state index contributed by atoms with van der Waals surface area (Å²) in [6.45, 7) is 2.30. The van der Waals surface area contributed by atoms with Crippen LogP contribution >= 0.6 is 0 Å². The lowest BCUT2D eigenvalue weighted by Crippen LogP contribution is -2.52. The second kappa shape index (κ2) is 6.38. The lowest BCUT2D eigenvalue weighted by molar-refractivity contribution is -0.142.